The summed E-state index contributed by atoms with van der Waals surface area (Å²) in [7, 11) is 1.24. The Morgan fingerprint density at radius 3 is 2.81 bits per heavy atom. The lowest BCUT2D eigenvalue weighted by Gasteiger charge is -2.09. The summed E-state index contributed by atoms with van der Waals surface area (Å²) in [6.45, 7) is 0.0288. The van der Waals surface area contributed by atoms with E-state index < -0.39 is 12.0 Å². The highest BCUT2D eigenvalue weighted by atomic mass is 35.5. The molecule has 0 saturated heterocycles. The van der Waals surface area contributed by atoms with E-state index in [1.54, 1.807) is 12.1 Å². The van der Waals surface area contributed by atoms with Gasteiger partial charge in [0.15, 0.2) is 0 Å². The third-order valence-corrected chi connectivity index (χ3v) is 3.01. The summed E-state index contributed by atoms with van der Waals surface area (Å²) in [5.41, 5.74) is 5.45. The minimum absolute atomic E-state index is 0.0288. The Morgan fingerprint density at radius 2 is 2.31 bits per heavy atom. The number of ether oxygens (including phenoxy) is 1. The summed E-state index contributed by atoms with van der Waals surface area (Å²) < 4.78 is 4.95. The number of nitrogens with one attached hydrogen (secondary N) is 1. The van der Waals surface area contributed by atoms with Gasteiger partial charge >= 0.3 is 5.97 Å². The molecule has 0 bridgehead atoms. The maximum Gasteiger partial charge on any atom is 0.324 e. The first-order chi connectivity index (χ1) is 7.54. The highest BCUT2D eigenvalue weighted by Gasteiger charge is 2.15. The number of esters is 1. The third kappa shape index (κ3) is 3.48. The lowest BCUT2D eigenvalue weighted by atomic mass is 10.3. The van der Waals surface area contributed by atoms with Crippen molar-refractivity contribution in [3.63, 3.8) is 0 Å². The molecule has 1 atom stereocenters. The van der Waals surface area contributed by atoms with Crippen molar-refractivity contribution < 1.29 is 14.3 Å². The molecular weight excluding hydrogens is 252 g/mol. The van der Waals surface area contributed by atoms with Crippen LogP contribution in [-0.2, 0) is 9.53 Å². The van der Waals surface area contributed by atoms with Crippen LogP contribution in [-0.4, -0.2) is 31.6 Å². The molecule has 0 aliphatic heterocycles. The van der Waals surface area contributed by atoms with E-state index in [1.807, 2.05) is 0 Å². The second kappa shape index (κ2) is 5.83. The zero-order valence-electron chi connectivity index (χ0n) is 8.53. The maximum absolute atomic E-state index is 11.5. The predicted molar refractivity (Wildman–Crippen MR) is 61.7 cm³/mol. The number of halogens is 1. The Balaban J connectivity index is 2.44. The van der Waals surface area contributed by atoms with Crippen LogP contribution in [0.1, 0.15) is 9.67 Å². The lowest BCUT2D eigenvalue weighted by Crippen LogP contribution is -2.42. The number of hydrogen-bond acceptors (Lipinski definition) is 5. The van der Waals surface area contributed by atoms with Crippen molar-refractivity contribution in [3.8, 4) is 0 Å². The van der Waals surface area contributed by atoms with Crippen LogP contribution >= 0.6 is 22.9 Å². The summed E-state index contributed by atoms with van der Waals surface area (Å²) in [4.78, 5) is 22.9. The standard InChI is InChI=1S/C9H11ClN2O3S/c1-15-9(14)5(11)4-12-8(13)6-2-3-7(10)16-6/h2-3,5H,4,11H2,1H3,(H,12,13)/t5-/m1/s1. The van der Waals surface area contributed by atoms with Crippen LogP contribution < -0.4 is 11.1 Å². The van der Waals surface area contributed by atoms with E-state index in [1.165, 1.54) is 7.11 Å². The number of thiophene rings is 1. The first-order valence-electron chi connectivity index (χ1n) is 4.41. The van der Waals surface area contributed by atoms with Crippen LogP contribution in [0.3, 0.4) is 0 Å². The molecule has 1 aromatic rings. The molecule has 1 heterocycles. The molecule has 0 aromatic carbocycles. The second-order valence-corrected chi connectivity index (χ2v) is 4.66. The number of nitrogens with two attached hydrogens (primary N) is 1. The van der Waals surface area contributed by atoms with Crippen LogP contribution in [0.25, 0.3) is 0 Å². The predicted octanol–water partition coefficient (Wildman–Crippen LogP) is 0.632. The van der Waals surface area contributed by atoms with E-state index in [0.717, 1.165) is 11.3 Å². The molecule has 1 amide bonds. The first-order valence-corrected chi connectivity index (χ1v) is 5.61. The first kappa shape index (κ1) is 13.0. The van der Waals surface area contributed by atoms with Gasteiger partial charge in [-0.3, -0.25) is 9.59 Å². The Labute approximate surface area is 102 Å². The number of rotatable bonds is 4. The molecule has 88 valence electrons. The fraction of sp³-hybridized carbons (Fsp3) is 0.333. The molecule has 0 unspecified atom stereocenters. The smallest absolute Gasteiger partial charge is 0.324 e. The summed E-state index contributed by atoms with van der Waals surface area (Å²) in [6, 6.07) is 2.37. The fourth-order valence-corrected chi connectivity index (χ4v) is 1.92. The second-order valence-electron chi connectivity index (χ2n) is 2.94. The molecular formula is C9H11ClN2O3S. The molecule has 0 aliphatic carbocycles. The molecule has 0 saturated carbocycles. The van der Waals surface area contributed by atoms with Gasteiger partial charge in [0.25, 0.3) is 5.91 Å². The van der Waals surface area contributed by atoms with E-state index in [2.05, 4.69) is 10.1 Å². The average molecular weight is 263 g/mol. The quantitative estimate of drug-likeness (QED) is 0.780. The minimum atomic E-state index is -0.857. The monoisotopic (exact) mass is 262 g/mol. The van der Waals surface area contributed by atoms with Crippen LogP contribution in [0.5, 0.6) is 0 Å². The van der Waals surface area contributed by atoms with Crippen molar-refractivity contribution >= 4 is 34.8 Å². The topological polar surface area (TPSA) is 81.4 Å². The van der Waals surface area contributed by atoms with Crippen molar-refractivity contribution in [1.29, 1.82) is 0 Å². The Kier molecular flexibility index (Phi) is 4.72. The minimum Gasteiger partial charge on any atom is -0.468 e. The Bertz CT molecular complexity index is 394. The van der Waals surface area contributed by atoms with Gasteiger partial charge in [0.1, 0.15) is 6.04 Å². The number of amides is 1. The normalized spacial score (nSPS) is 11.9. The Morgan fingerprint density at radius 1 is 1.62 bits per heavy atom. The molecule has 1 rings (SSSR count). The molecule has 0 radical (unpaired) electrons. The van der Waals surface area contributed by atoms with Gasteiger partial charge in [0.2, 0.25) is 0 Å². The fourth-order valence-electron chi connectivity index (χ4n) is 0.961. The zero-order chi connectivity index (χ0) is 12.1. The van der Waals surface area contributed by atoms with Gasteiger partial charge in [0, 0.05) is 6.54 Å². The van der Waals surface area contributed by atoms with Gasteiger partial charge in [-0.1, -0.05) is 11.6 Å². The van der Waals surface area contributed by atoms with Crippen LogP contribution in [0, 0.1) is 0 Å². The van der Waals surface area contributed by atoms with Gasteiger partial charge in [-0.15, -0.1) is 11.3 Å². The van der Waals surface area contributed by atoms with Crippen molar-refractivity contribution in [1.82, 2.24) is 5.32 Å². The maximum atomic E-state index is 11.5. The van der Waals surface area contributed by atoms with Gasteiger partial charge in [-0.05, 0) is 12.1 Å². The van der Waals surface area contributed by atoms with Gasteiger partial charge < -0.3 is 15.8 Å². The molecule has 7 heteroatoms. The number of methoxy groups -OCH3 is 1. The summed E-state index contributed by atoms with van der Waals surface area (Å²) >= 11 is 6.84. The molecule has 3 N–H and O–H groups in total. The number of hydrogen-bond donors (Lipinski definition) is 2. The summed E-state index contributed by atoms with van der Waals surface area (Å²) in [5.74, 6) is -0.874. The molecule has 0 aliphatic rings. The van der Waals surface area contributed by atoms with E-state index in [-0.39, 0.29) is 12.5 Å². The van der Waals surface area contributed by atoms with Crippen LogP contribution in [0.4, 0.5) is 0 Å². The largest absolute Gasteiger partial charge is 0.468 e. The van der Waals surface area contributed by atoms with Crippen LogP contribution in [0.15, 0.2) is 12.1 Å². The highest BCUT2D eigenvalue weighted by molar-refractivity contribution is 7.17. The highest BCUT2D eigenvalue weighted by Crippen LogP contribution is 2.20. The van der Waals surface area contributed by atoms with E-state index in [9.17, 15) is 9.59 Å². The molecule has 16 heavy (non-hydrogen) atoms. The van der Waals surface area contributed by atoms with Gasteiger partial charge in [-0.2, -0.15) is 0 Å². The lowest BCUT2D eigenvalue weighted by molar-refractivity contribution is -0.141. The van der Waals surface area contributed by atoms with Crippen molar-refractivity contribution in [2.45, 2.75) is 6.04 Å². The molecule has 5 nitrogen and oxygen atoms in total. The SMILES string of the molecule is COC(=O)[C@H](N)CNC(=O)c1ccc(Cl)s1. The van der Waals surface area contributed by atoms with Crippen molar-refractivity contribution in [3.05, 3.63) is 21.3 Å². The summed E-state index contributed by atoms with van der Waals surface area (Å²) in [5, 5.41) is 2.51. The Hall–Kier alpha value is -1.11. The van der Waals surface area contributed by atoms with Crippen molar-refractivity contribution in [2.75, 3.05) is 13.7 Å². The molecule has 0 spiro atoms. The number of carbonyl (C=O) groups excluding carboxylic acids is 2. The zero-order valence-corrected chi connectivity index (χ0v) is 10.1. The van der Waals surface area contributed by atoms with E-state index >= 15 is 0 Å². The third-order valence-electron chi connectivity index (χ3n) is 1.78. The number of carbonyl (C=O) groups is 2. The summed E-state index contributed by atoms with van der Waals surface area (Å²) in [6.07, 6.45) is 0. The van der Waals surface area contributed by atoms with Crippen molar-refractivity contribution in [2.24, 2.45) is 5.73 Å². The molecule has 1 aromatic heterocycles. The van der Waals surface area contributed by atoms with Gasteiger partial charge in [0.05, 0.1) is 16.3 Å². The average Bonchev–Trinajstić information content (AvgIpc) is 2.71. The molecule has 0 fully saturated rings. The van der Waals surface area contributed by atoms with Gasteiger partial charge in [-0.25, -0.2) is 0 Å². The van der Waals surface area contributed by atoms with E-state index in [4.69, 9.17) is 17.3 Å². The van der Waals surface area contributed by atoms with Crippen LogP contribution in [0.2, 0.25) is 4.34 Å². The van der Waals surface area contributed by atoms with E-state index in [0.29, 0.717) is 9.21 Å².